The molecular weight excluding hydrogens is 296 g/mol. The first-order chi connectivity index (χ1) is 10.8. The maximum atomic E-state index is 12.4. The maximum absolute atomic E-state index is 12.4. The van der Waals surface area contributed by atoms with E-state index in [2.05, 4.69) is 10.2 Å². The fourth-order valence-corrected chi connectivity index (χ4v) is 2.82. The van der Waals surface area contributed by atoms with Crippen LogP contribution in [-0.2, 0) is 11.3 Å². The number of piperidine rings is 1. The second kappa shape index (κ2) is 7.47. The van der Waals surface area contributed by atoms with Crippen molar-refractivity contribution in [3.05, 3.63) is 23.7 Å². The fourth-order valence-electron chi connectivity index (χ4n) is 2.82. The number of furan rings is 1. The average Bonchev–Trinajstić information content (AvgIpc) is 2.91. The van der Waals surface area contributed by atoms with Gasteiger partial charge in [0.1, 0.15) is 17.1 Å². The van der Waals surface area contributed by atoms with Gasteiger partial charge in [-0.25, -0.2) is 0 Å². The molecule has 1 unspecified atom stereocenters. The van der Waals surface area contributed by atoms with Gasteiger partial charge in [-0.3, -0.25) is 9.69 Å². The summed E-state index contributed by atoms with van der Waals surface area (Å²) in [6.07, 6.45) is 0.767. The zero-order valence-electron chi connectivity index (χ0n) is 14.2. The molecule has 2 heterocycles. The number of aryl methyl sites for hydroxylation is 1. The molecule has 6 nitrogen and oxygen atoms in total. The number of rotatable bonds is 6. The first-order valence-electron chi connectivity index (χ1n) is 8.26. The number of amides is 1. The highest BCUT2D eigenvalue weighted by Gasteiger charge is 2.40. The summed E-state index contributed by atoms with van der Waals surface area (Å²) in [5, 5.41) is 22.7. The van der Waals surface area contributed by atoms with E-state index in [9.17, 15) is 15.0 Å². The lowest BCUT2D eigenvalue weighted by molar-refractivity contribution is -0.146. The molecule has 0 radical (unpaired) electrons. The standard InChI is InChI=1S/C17H28N2O4/c1-12(2)15(11-20)18-16(21)17(22)6-8-19(9-7-17)10-14-5-4-13(3)23-14/h4-5,12,15,20,22H,6-11H2,1-3H3,(H,18,21). The monoisotopic (exact) mass is 324 g/mol. The molecule has 1 aliphatic heterocycles. The third kappa shape index (κ3) is 4.56. The minimum Gasteiger partial charge on any atom is -0.465 e. The summed E-state index contributed by atoms with van der Waals surface area (Å²) in [5.74, 6) is 1.53. The number of aliphatic hydroxyl groups is 2. The lowest BCUT2D eigenvalue weighted by atomic mass is 9.89. The van der Waals surface area contributed by atoms with Gasteiger partial charge in [-0.1, -0.05) is 13.8 Å². The van der Waals surface area contributed by atoms with Gasteiger partial charge in [0.25, 0.3) is 5.91 Å². The van der Waals surface area contributed by atoms with Gasteiger partial charge in [-0.05, 0) is 37.8 Å². The van der Waals surface area contributed by atoms with Crippen molar-refractivity contribution < 1.29 is 19.4 Å². The van der Waals surface area contributed by atoms with E-state index >= 15 is 0 Å². The lowest BCUT2D eigenvalue weighted by Crippen LogP contribution is -2.56. The van der Waals surface area contributed by atoms with Crippen LogP contribution in [0.4, 0.5) is 0 Å². The quantitative estimate of drug-likeness (QED) is 0.728. The van der Waals surface area contributed by atoms with Gasteiger partial charge in [0.15, 0.2) is 0 Å². The fraction of sp³-hybridized carbons (Fsp3) is 0.706. The molecule has 23 heavy (non-hydrogen) atoms. The molecular formula is C17H28N2O4. The number of likely N-dealkylation sites (tertiary alicyclic amines) is 1. The highest BCUT2D eigenvalue weighted by atomic mass is 16.3. The first kappa shape index (κ1) is 18.0. The Labute approximate surface area is 137 Å². The Bertz CT molecular complexity index is 518. The largest absolute Gasteiger partial charge is 0.465 e. The normalized spacial score (nSPS) is 19.7. The second-order valence-electron chi connectivity index (χ2n) is 6.83. The van der Waals surface area contributed by atoms with E-state index in [1.807, 2.05) is 32.9 Å². The molecule has 0 aromatic carbocycles. The van der Waals surface area contributed by atoms with Crippen LogP contribution in [-0.4, -0.2) is 52.4 Å². The molecule has 1 aromatic rings. The van der Waals surface area contributed by atoms with Gasteiger partial charge in [0.2, 0.25) is 0 Å². The van der Waals surface area contributed by atoms with Crippen molar-refractivity contribution in [1.82, 2.24) is 10.2 Å². The molecule has 0 aliphatic carbocycles. The van der Waals surface area contributed by atoms with E-state index in [1.54, 1.807) is 0 Å². The minimum absolute atomic E-state index is 0.120. The zero-order valence-corrected chi connectivity index (χ0v) is 14.2. The van der Waals surface area contributed by atoms with E-state index < -0.39 is 5.60 Å². The Kier molecular flexibility index (Phi) is 5.84. The van der Waals surface area contributed by atoms with Crippen LogP contribution in [0.5, 0.6) is 0 Å². The Hall–Kier alpha value is -1.37. The predicted molar refractivity (Wildman–Crippen MR) is 86.8 cm³/mol. The van der Waals surface area contributed by atoms with Crippen molar-refractivity contribution in [2.75, 3.05) is 19.7 Å². The smallest absolute Gasteiger partial charge is 0.252 e. The van der Waals surface area contributed by atoms with E-state index in [4.69, 9.17) is 4.42 Å². The van der Waals surface area contributed by atoms with E-state index in [0.29, 0.717) is 32.5 Å². The first-order valence-corrected chi connectivity index (χ1v) is 8.26. The predicted octanol–water partition coefficient (Wildman–Crippen LogP) is 1.05. The maximum Gasteiger partial charge on any atom is 0.252 e. The van der Waals surface area contributed by atoms with Gasteiger partial charge in [0, 0.05) is 13.1 Å². The summed E-state index contributed by atoms with van der Waals surface area (Å²) in [4.78, 5) is 14.5. The van der Waals surface area contributed by atoms with E-state index in [-0.39, 0.29) is 24.5 Å². The highest BCUT2D eigenvalue weighted by molar-refractivity contribution is 5.85. The van der Waals surface area contributed by atoms with Crippen LogP contribution in [0.2, 0.25) is 0 Å². The van der Waals surface area contributed by atoms with Crippen molar-refractivity contribution in [2.45, 2.75) is 51.8 Å². The molecule has 3 N–H and O–H groups in total. The molecule has 0 saturated carbocycles. The molecule has 6 heteroatoms. The summed E-state index contributed by atoms with van der Waals surface area (Å²) in [7, 11) is 0. The number of hydrogen-bond acceptors (Lipinski definition) is 5. The van der Waals surface area contributed by atoms with Gasteiger partial charge >= 0.3 is 0 Å². The Morgan fingerprint density at radius 3 is 2.52 bits per heavy atom. The van der Waals surface area contributed by atoms with Gasteiger partial charge in [-0.15, -0.1) is 0 Å². The topological polar surface area (TPSA) is 85.9 Å². The van der Waals surface area contributed by atoms with Crippen molar-refractivity contribution in [1.29, 1.82) is 0 Å². The molecule has 130 valence electrons. The van der Waals surface area contributed by atoms with Gasteiger partial charge in [-0.2, -0.15) is 0 Å². The Balaban J connectivity index is 1.87. The number of carbonyl (C=O) groups is 1. The zero-order chi connectivity index (χ0) is 17.0. The summed E-state index contributed by atoms with van der Waals surface area (Å²) >= 11 is 0. The number of hydrogen-bond donors (Lipinski definition) is 3. The molecule has 1 aliphatic rings. The Morgan fingerprint density at radius 1 is 1.39 bits per heavy atom. The molecule has 1 amide bonds. The van der Waals surface area contributed by atoms with Crippen LogP contribution in [0.1, 0.15) is 38.2 Å². The molecule has 0 bridgehead atoms. The van der Waals surface area contributed by atoms with Crippen LogP contribution >= 0.6 is 0 Å². The van der Waals surface area contributed by atoms with Crippen molar-refractivity contribution in [3.63, 3.8) is 0 Å². The molecule has 1 aromatic heterocycles. The summed E-state index contributed by atoms with van der Waals surface area (Å²) < 4.78 is 5.57. The summed E-state index contributed by atoms with van der Waals surface area (Å²) in [5.41, 5.74) is -1.35. The number of nitrogens with one attached hydrogen (secondary N) is 1. The SMILES string of the molecule is Cc1ccc(CN2CCC(O)(C(=O)NC(CO)C(C)C)CC2)o1. The Morgan fingerprint density at radius 2 is 2.04 bits per heavy atom. The number of carbonyl (C=O) groups excluding carboxylic acids is 1. The second-order valence-corrected chi connectivity index (χ2v) is 6.83. The van der Waals surface area contributed by atoms with E-state index in [0.717, 1.165) is 11.5 Å². The third-order valence-corrected chi connectivity index (χ3v) is 4.60. The van der Waals surface area contributed by atoms with Crippen LogP contribution < -0.4 is 5.32 Å². The number of nitrogens with zero attached hydrogens (tertiary/aromatic N) is 1. The molecule has 0 spiro atoms. The van der Waals surface area contributed by atoms with Crippen LogP contribution in [0.15, 0.2) is 16.5 Å². The highest BCUT2D eigenvalue weighted by Crippen LogP contribution is 2.24. The molecule has 1 saturated heterocycles. The third-order valence-electron chi connectivity index (χ3n) is 4.60. The van der Waals surface area contributed by atoms with Gasteiger partial charge in [0.05, 0.1) is 19.2 Å². The summed E-state index contributed by atoms with van der Waals surface area (Å²) in [6.45, 7) is 7.61. The lowest BCUT2D eigenvalue weighted by Gasteiger charge is -2.37. The van der Waals surface area contributed by atoms with Crippen molar-refractivity contribution in [2.24, 2.45) is 5.92 Å². The van der Waals surface area contributed by atoms with Crippen LogP contribution in [0.25, 0.3) is 0 Å². The van der Waals surface area contributed by atoms with Gasteiger partial charge < -0.3 is 19.9 Å². The van der Waals surface area contributed by atoms with Crippen LogP contribution in [0, 0.1) is 12.8 Å². The van der Waals surface area contributed by atoms with Crippen molar-refractivity contribution in [3.8, 4) is 0 Å². The average molecular weight is 324 g/mol. The van der Waals surface area contributed by atoms with Crippen molar-refractivity contribution >= 4 is 5.91 Å². The summed E-state index contributed by atoms with van der Waals surface area (Å²) in [6, 6.07) is 3.57. The molecule has 1 fully saturated rings. The minimum atomic E-state index is -1.35. The van der Waals surface area contributed by atoms with Crippen LogP contribution in [0.3, 0.4) is 0 Å². The molecule has 2 rings (SSSR count). The molecule has 1 atom stereocenters. The number of aliphatic hydroxyl groups excluding tert-OH is 1. The van der Waals surface area contributed by atoms with E-state index in [1.165, 1.54) is 0 Å².